The fourth-order valence-corrected chi connectivity index (χ4v) is 3.42. The maximum absolute atomic E-state index is 9.22. The van der Waals surface area contributed by atoms with Crippen molar-refractivity contribution in [2.45, 2.75) is 4.34 Å². The third kappa shape index (κ3) is 4.90. The molecule has 0 aliphatic carbocycles. The molecule has 0 fully saturated rings. The summed E-state index contributed by atoms with van der Waals surface area (Å²) in [6.45, 7) is 0. The van der Waals surface area contributed by atoms with Crippen molar-refractivity contribution < 1.29 is 21.7 Å². The maximum Gasteiger partial charge on any atom is 0.297 e. The lowest BCUT2D eigenvalue weighted by Crippen LogP contribution is -2.27. The first-order valence-corrected chi connectivity index (χ1v) is 8.67. The molecule has 19 heavy (non-hydrogen) atoms. The predicted molar refractivity (Wildman–Crippen MR) is 76.5 cm³/mol. The monoisotopic (exact) mass is 341 g/mol. The van der Waals surface area contributed by atoms with Gasteiger partial charge in [-0.3, -0.25) is 4.18 Å². The third-order valence-electron chi connectivity index (χ3n) is 2.13. The first kappa shape index (κ1) is 16.7. The molecular weight excluding hydrogens is 330 g/mol. The van der Waals surface area contributed by atoms with Crippen LogP contribution in [0.25, 0.3) is 10.2 Å². The Bertz CT molecular complexity index is 669. The van der Waals surface area contributed by atoms with Crippen molar-refractivity contribution in [2.75, 3.05) is 13.4 Å². The van der Waals surface area contributed by atoms with Gasteiger partial charge in [0, 0.05) is 11.1 Å². The summed E-state index contributed by atoms with van der Waals surface area (Å²) in [5.41, 5.74) is 1.25. The van der Waals surface area contributed by atoms with Crippen LogP contribution in [0.2, 0.25) is 5.02 Å². The SMILES string of the molecule is COS(=O)(=O)[O-].CSc1sc2cc(Cl)ccc2[n+]1C. The minimum absolute atomic E-state index is 0.807. The van der Waals surface area contributed by atoms with Gasteiger partial charge in [-0.05, 0) is 30.2 Å². The smallest absolute Gasteiger partial charge is 0.297 e. The van der Waals surface area contributed by atoms with Gasteiger partial charge in [-0.1, -0.05) is 22.9 Å². The lowest BCUT2D eigenvalue weighted by Gasteiger charge is -1.98. The molecule has 1 aromatic carbocycles. The molecule has 0 saturated heterocycles. The van der Waals surface area contributed by atoms with Gasteiger partial charge in [0.05, 0.1) is 7.11 Å². The lowest BCUT2D eigenvalue weighted by molar-refractivity contribution is -0.676. The van der Waals surface area contributed by atoms with E-state index in [9.17, 15) is 13.0 Å². The molecule has 1 aromatic heterocycles. The molecule has 0 unspecified atom stereocenters. The second kappa shape index (κ2) is 6.87. The molecule has 0 spiro atoms. The number of fused-ring (bicyclic) bond motifs is 1. The number of rotatable bonds is 2. The average Bonchev–Trinajstić information content (AvgIpc) is 2.65. The summed E-state index contributed by atoms with van der Waals surface area (Å²) < 4.78 is 35.8. The number of hydrogen-bond acceptors (Lipinski definition) is 6. The van der Waals surface area contributed by atoms with Crippen LogP contribution in [0.3, 0.4) is 0 Å². The third-order valence-corrected chi connectivity index (χ3v) is 5.14. The number of aromatic nitrogens is 1. The Morgan fingerprint density at radius 1 is 1.47 bits per heavy atom. The van der Waals surface area contributed by atoms with Crippen molar-refractivity contribution in [2.24, 2.45) is 7.05 Å². The fraction of sp³-hybridized carbons (Fsp3) is 0.300. The van der Waals surface area contributed by atoms with Gasteiger partial charge < -0.3 is 4.55 Å². The van der Waals surface area contributed by atoms with Crippen molar-refractivity contribution in [3.05, 3.63) is 23.2 Å². The van der Waals surface area contributed by atoms with Crippen LogP contribution in [0, 0.1) is 0 Å². The zero-order chi connectivity index (χ0) is 14.6. The van der Waals surface area contributed by atoms with Gasteiger partial charge in [0.1, 0.15) is 11.7 Å². The van der Waals surface area contributed by atoms with Crippen molar-refractivity contribution >= 4 is 55.3 Å². The Hall–Kier alpha value is -0.380. The largest absolute Gasteiger partial charge is 0.726 e. The molecule has 0 aliphatic rings. The average molecular weight is 342 g/mol. The summed E-state index contributed by atoms with van der Waals surface area (Å²) in [5, 5.41) is 0.807. The van der Waals surface area contributed by atoms with Gasteiger partial charge in [-0.15, -0.1) is 0 Å². The number of halogens is 1. The van der Waals surface area contributed by atoms with E-state index in [0.717, 1.165) is 12.1 Å². The highest BCUT2D eigenvalue weighted by Crippen LogP contribution is 2.27. The quantitative estimate of drug-likeness (QED) is 0.362. The van der Waals surface area contributed by atoms with Gasteiger partial charge in [-0.2, -0.15) is 4.57 Å². The standard InChI is InChI=1S/C9H9ClNS2.CH4O4S/c1-11-7-4-3-6(10)5-8(7)13-9(11)12-2;1-5-6(2,3)4/h3-5H,1-2H3;1H3,(H,2,3,4)/q+1;/p-1. The summed E-state index contributed by atoms with van der Waals surface area (Å²) in [6, 6.07) is 6.01. The maximum atomic E-state index is 9.22. The van der Waals surface area contributed by atoms with E-state index < -0.39 is 10.4 Å². The van der Waals surface area contributed by atoms with Gasteiger partial charge in [-0.25, -0.2) is 8.42 Å². The molecular formula is C10H12ClNO4S3. The Morgan fingerprint density at radius 2 is 2.05 bits per heavy atom. The van der Waals surface area contributed by atoms with E-state index in [0.29, 0.717) is 0 Å². The van der Waals surface area contributed by atoms with E-state index in [1.807, 2.05) is 12.1 Å². The van der Waals surface area contributed by atoms with Crippen LogP contribution in [-0.4, -0.2) is 26.3 Å². The normalized spacial score (nSPS) is 11.2. The number of aryl methyl sites for hydroxylation is 1. The molecule has 1 heterocycles. The van der Waals surface area contributed by atoms with Gasteiger partial charge in [0.2, 0.25) is 15.9 Å². The Morgan fingerprint density at radius 3 is 2.53 bits per heavy atom. The molecule has 0 aliphatic heterocycles. The first-order valence-electron chi connectivity index (χ1n) is 4.92. The van der Waals surface area contributed by atoms with Gasteiger partial charge in [0.25, 0.3) is 4.34 Å². The number of nitrogens with zero attached hydrogens (tertiary/aromatic N) is 1. The van der Waals surface area contributed by atoms with Crippen LogP contribution < -0.4 is 4.57 Å². The van der Waals surface area contributed by atoms with Crippen molar-refractivity contribution in [1.29, 1.82) is 0 Å². The summed E-state index contributed by atoms with van der Waals surface area (Å²) >= 11 is 9.46. The molecule has 0 saturated carbocycles. The van der Waals surface area contributed by atoms with E-state index in [4.69, 9.17) is 11.6 Å². The van der Waals surface area contributed by atoms with E-state index in [2.05, 4.69) is 28.1 Å². The highest BCUT2D eigenvalue weighted by atomic mass is 35.5. The summed E-state index contributed by atoms with van der Waals surface area (Å²) in [7, 11) is -1.52. The molecule has 2 rings (SSSR count). The van der Waals surface area contributed by atoms with Gasteiger partial charge >= 0.3 is 0 Å². The first-order chi connectivity index (χ1) is 8.78. The van der Waals surface area contributed by atoms with Crippen LogP contribution in [0.5, 0.6) is 0 Å². The second-order valence-corrected chi connectivity index (χ2v) is 6.99. The summed E-state index contributed by atoms with van der Waals surface area (Å²) in [6.07, 6.45) is 2.09. The van der Waals surface area contributed by atoms with E-state index >= 15 is 0 Å². The zero-order valence-electron chi connectivity index (χ0n) is 10.4. The lowest BCUT2D eigenvalue weighted by atomic mass is 10.3. The predicted octanol–water partition coefficient (Wildman–Crippen LogP) is 2.19. The molecule has 0 amide bonds. The van der Waals surface area contributed by atoms with Gasteiger partial charge in [0.15, 0.2) is 0 Å². The molecule has 9 heteroatoms. The van der Waals surface area contributed by atoms with E-state index in [-0.39, 0.29) is 0 Å². The van der Waals surface area contributed by atoms with Crippen molar-refractivity contribution in [3.63, 3.8) is 0 Å². The van der Waals surface area contributed by atoms with Crippen LogP contribution in [0.1, 0.15) is 0 Å². The Kier molecular flexibility index (Phi) is 6.03. The van der Waals surface area contributed by atoms with E-state index in [1.54, 1.807) is 23.1 Å². The summed E-state index contributed by atoms with van der Waals surface area (Å²) in [5.74, 6) is 0. The van der Waals surface area contributed by atoms with Crippen molar-refractivity contribution in [3.8, 4) is 0 Å². The molecule has 2 aromatic rings. The topological polar surface area (TPSA) is 70.3 Å². The van der Waals surface area contributed by atoms with Crippen molar-refractivity contribution in [1.82, 2.24) is 0 Å². The second-order valence-electron chi connectivity index (χ2n) is 3.32. The molecule has 0 radical (unpaired) electrons. The highest BCUT2D eigenvalue weighted by Gasteiger charge is 2.15. The fourth-order valence-electron chi connectivity index (χ4n) is 1.29. The summed E-state index contributed by atoms with van der Waals surface area (Å²) in [4.78, 5) is 0. The van der Waals surface area contributed by atoms with Crippen LogP contribution in [0.4, 0.5) is 0 Å². The molecule has 0 bridgehead atoms. The zero-order valence-corrected chi connectivity index (χ0v) is 13.6. The molecule has 0 atom stereocenters. The molecule has 5 nitrogen and oxygen atoms in total. The number of thiazole rings is 1. The molecule has 106 valence electrons. The Labute approximate surface area is 125 Å². The van der Waals surface area contributed by atoms with Crippen LogP contribution in [-0.2, 0) is 21.6 Å². The van der Waals surface area contributed by atoms with E-state index in [1.165, 1.54) is 14.6 Å². The minimum atomic E-state index is -4.41. The number of thioether (sulfide) groups is 1. The number of hydrogen-bond donors (Lipinski definition) is 0. The minimum Gasteiger partial charge on any atom is -0.726 e. The Balaban J connectivity index is 0.000000258. The molecule has 0 N–H and O–H groups in total. The van der Waals surface area contributed by atoms with Crippen LogP contribution >= 0.6 is 34.7 Å². The highest BCUT2D eigenvalue weighted by molar-refractivity contribution is 8.00. The number of benzene rings is 1. The van der Waals surface area contributed by atoms with Crippen LogP contribution in [0.15, 0.2) is 22.5 Å².